The van der Waals surface area contributed by atoms with Crippen LogP contribution in [0.4, 0.5) is 0 Å². The van der Waals surface area contributed by atoms with Crippen molar-refractivity contribution in [2.75, 3.05) is 6.54 Å². The van der Waals surface area contributed by atoms with E-state index in [0.29, 0.717) is 29.5 Å². The second-order valence-corrected chi connectivity index (χ2v) is 8.20. The Labute approximate surface area is 190 Å². The molecule has 1 aliphatic rings. The lowest BCUT2D eigenvalue weighted by Gasteiger charge is -2.25. The van der Waals surface area contributed by atoms with E-state index >= 15 is 0 Å². The number of carbonyl (C=O) groups excluding carboxylic acids is 1. The Kier molecular flexibility index (Phi) is 5.64. The van der Waals surface area contributed by atoms with Gasteiger partial charge in [0.2, 0.25) is 0 Å². The minimum Gasteiger partial charge on any atom is -0.330 e. The van der Waals surface area contributed by atoms with E-state index in [1.54, 1.807) is 17.2 Å². The highest BCUT2D eigenvalue weighted by atomic mass is 35.5. The van der Waals surface area contributed by atoms with Gasteiger partial charge >= 0.3 is 0 Å². The fourth-order valence-corrected chi connectivity index (χ4v) is 4.30. The van der Waals surface area contributed by atoms with E-state index in [1.807, 2.05) is 59.5 Å². The van der Waals surface area contributed by atoms with Crippen molar-refractivity contribution in [3.63, 3.8) is 0 Å². The fourth-order valence-electron chi connectivity index (χ4n) is 4.11. The molecule has 0 radical (unpaired) electrons. The summed E-state index contributed by atoms with van der Waals surface area (Å²) >= 11 is 6.13. The third-order valence-electron chi connectivity index (χ3n) is 5.60. The maximum absolute atomic E-state index is 13.4. The summed E-state index contributed by atoms with van der Waals surface area (Å²) in [4.78, 5) is 28.5. The summed E-state index contributed by atoms with van der Waals surface area (Å²) in [6.45, 7) is 1.27. The van der Waals surface area contributed by atoms with E-state index in [2.05, 4.69) is 15.1 Å². The molecule has 1 atom stereocenters. The van der Waals surface area contributed by atoms with Crippen molar-refractivity contribution in [2.24, 2.45) is 0 Å². The predicted molar refractivity (Wildman–Crippen MR) is 121 cm³/mol. The molecule has 0 bridgehead atoms. The molecular weight excluding hydrogens is 424 g/mol. The molecule has 160 valence electrons. The predicted octanol–water partition coefficient (Wildman–Crippen LogP) is 4.41. The molecule has 1 saturated heterocycles. The first-order chi connectivity index (χ1) is 15.7. The van der Waals surface area contributed by atoms with Crippen molar-refractivity contribution >= 4 is 17.5 Å². The van der Waals surface area contributed by atoms with E-state index in [9.17, 15) is 4.79 Å². The minimum absolute atomic E-state index is 0.0101. The van der Waals surface area contributed by atoms with E-state index in [0.717, 1.165) is 29.7 Å². The van der Waals surface area contributed by atoms with Crippen molar-refractivity contribution in [3.05, 3.63) is 95.3 Å². The normalized spacial score (nSPS) is 15.8. The summed E-state index contributed by atoms with van der Waals surface area (Å²) in [5.74, 6) is 0.620. The van der Waals surface area contributed by atoms with Crippen LogP contribution in [-0.4, -0.2) is 42.1 Å². The Morgan fingerprint density at radius 1 is 1.12 bits per heavy atom. The van der Waals surface area contributed by atoms with Crippen molar-refractivity contribution in [1.29, 1.82) is 0 Å². The Hall–Kier alpha value is -3.58. The van der Waals surface area contributed by atoms with Crippen molar-refractivity contribution in [3.8, 4) is 11.4 Å². The quantitative estimate of drug-likeness (QED) is 0.455. The lowest BCUT2D eigenvalue weighted by Crippen LogP contribution is -2.31. The summed E-state index contributed by atoms with van der Waals surface area (Å²) in [6.07, 6.45) is 6.72. The number of likely N-dealkylation sites (tertiary alicyclic amines) is 1. The first-order valence-electron chi connectivity index (χ1n) is 10.5. The topological polar surface area (TPSA) is 76.8 Å². The summed E-state index contributed by atoms with van der Waals surface area (Å²) in [7, 11) is 0. The summed E-state index contributed by atoms with van der Waals surface area (Å²) < 4.78 is 1.74. The van der Waals surface area contributed by atoms with Gasteiger partial charge in [-0.05, 0) is 48.7 Å². The molecule has 1 fully saturated rings. The van der Waals surface area contributed by atoms with Crippen LogP contribution >= 0.6 is 11.6 Å². The largest absolute Gasteiger partial charge is 0.330 e. The third-order valence-corrected chi connectivity index (χ3v) is 5.84. The molecule has 0 saturated carbocycles. The number of carbonyl (C=O) groups is 1. The SMILES string of the molecule is O=C(c1cccc(Cn2cncn2)c1)N1CCC[C@H]1c1ccnc(-c2cccc(Cl)c2)n1. The molecule has 1 amide bonds. The molecule has 3 heterocycles. The fraction of sp³-hybridized carbons (Fsp3) is 0.208. The van der Waals surface area contributed by atoms with Crippen LogP contribution < -0.4 is 0 Å². The zero-order valence-electron chi connectivity index (χ0n) is 17.3. The minimum atomic E-state index is -0.0811. The third kappa shape index (κ3) is 4.24. The summed E-state index contributed by atoms with van der Waals surface area (Å²) in [5.41, 5.74) is 3.37. The number of rotatable bonds is 5. The smallest absolute Gasteiger partial charge is 0.254 e. The van der Waals surface area contributed by atoms with E-state index in [1.165, 1.54) is 6.33 Å². The van der Waals surface area contributed by atoms with Gasteiger partial charge in [0.15, 0.2) is 5.82 Å². The van der Waals surface area contributed by atoms with Crippen LogP contribution in [0.15, 0.2) is 73.4 Å². The number of hydrogen-bond donors (Lipinski definition) is 0. The number of hydrogen-bond acceptors (Lipinski definition) is 5. The zero-order chi connectivity index (χ0) is 21.9. The van der Waals surface area contributed by atoms with Crippen molar-refractivity contribution in [1.82, 2.24) is 29.6 Å². The van der Waals surface area contributed by atoms with Gasteiger partial charge in [0, 0.05) is 28.9 Å². The van der Waals surface area contributed by atoms with Gasteiger partial charge in [-0.1, -0.05) is 35.9 Å². The second kappa shape index (κ2) is 8.88. The van der Waals surface area contributed by atoms with Crippen LogP contribution in [0.1, 0.15) is 40.5 Å². The van der Waals surface area contributed by atoms with Crippen molar-refractivity contribution in [2.45, 2.75) is 25.4 Å². The number of amides is 1. The molecule has 1 aliphatic heterocycles. The average Bonchev–Trinajstić information content (AvgIpc) is 3.51. The first-order valence-corrected chi connectivity index (χ1v) is 10.9. The van der Waals surface area contributed by atoms with E-state index in [4.69, 9.17) is 16.6 Å². The first kappa shape index (κ1) is 20.3. The molecule has 5 rings (SSSR count). The van der Waals surface area contributed by atoms with Crippen molar-refractivity contribution < 1.29 is 4.79 Å². The molecule has 0 spiro atoms. The van der Waals surface area contributed by atoms with Crippen LogP contribution in [-0.2, 0) is 6.54 Å². The van der Waals surface area contributed by atoms with Gasteiger partial charge < -0.3 is 4.90 Å². The van der Waals surface area contributed by atoms with Crippen LogP contribution in [0.25, 0.3) is 11.4 Å². The highest BCUT2D eigenvalue weighted by molar-refractivity contribution is 6.30. The molecule has 0 N–H and O–H groups in total. The summed E-state index contributed by atoms with van der Waals surface area (Å²) in [5, 5.41) is 4.78. The van der Waals surface area contributed by atoms with E-state index in [-0.39, 0.29) is 11.9 Å². The number of aromatic nitrogens is 5. The van der Waals surface area contributed by atoms with Gasteiger partial charge in [-0.2, -0.15) is 5.10 Å². The van der Waals surface area contributed by atoms with Crippen LogP contribution in [0.5, 0.6) is 0 Å². The molecule has 7 nitrogen and oxygen atoms in total. The highest BCUT2D eigenvalue weighted by Gasteiger charge is 2.32. The Balaban J connectivity index is 1.39. The highest BCUT2D eigenvalue weighted by Crippen LogP contribution is 2.33. The van der Waals surface area contributed by atoms with E-state index < -0.39 is 0 Å². The van der Waals surface area contributed by atoms with Gasteiger partial charge in [0.1, 0.15) is 12.7 Å². The van der Waals surface area contributed by atoms with Gasteiger partial charge in [0.25, 0.3) is 5.91 Å². The standard InChI is InChI=1S/C24H21ClN6O/c25-20-7-2-5-18(13-20)23-27-10-9-21(29-23)22-8-3-11-31(22)24(32)19-6-1-4-17(12-19)14-30-16-26-15-28-30/h1-2,4-7,9-10,12-13,15-16,22H,3,8,11,14H2/t22-/m0/s1. The van der Waals surface area contributed by atoms with Crippen LogP contribution in [0.2, 0.25) is 5.02 Å². The Morgan fingerprint density at radius 2 is 2.03 bits per heavy atom. The molecule has 0 unspecified atom stereocenters. The lowest BCUT2D eigenvalue weighted by molar-refractivity contribution is 0.0732. The Bertz CT molecular complexity index is 1240. The zero-order valence-corrected chi connectivity index (χ0v) is 18.1. The molecule has 2 aromatic carbocycles. The van der Waals surface area contributed by atoms with Crippen LogP contribution in [0.3, 0.4) is 0 Å². The monoisotopic (exact) mass is 444 g/mol. The molecule has 8 heteroatoms. The van der Waals surface area contributed by atoms with Gasteiger partial charge in [-0.3, -0.25) is 4.79 Å². The summed E-state index contributed by atoms with van der Waals surface area (Å²) in [6, 6.07) is 17.0. The number of halogens is 1. The number of nitrogens with zero attached hydrogens (tertiary/aromatic N) is 6. The molecule has 4 aromatic rings. The van der Waals surface area contributed by atoms with Gasteiger partial charge in [0.05, 0.1) is 18.3 Å². The lowest BCUT2D eigenvalue weighted by atomic mass is 10.1. The average molecular weight is 445 g/mol. The second-order valence-electron chi connectivity index (χ2n) is 7.77. The van der Waals surface area contributed by atoms with Gasteiger partial charge in [-0.15, -0.1) is 0 Å². The maximum atomic E-state index is 13.4. The molecule has 32 heavy (non-hydrogen) atoms. The van der Waals surface area contributed by atoms with Crippen LogP contribution in [0, 0.1) is 0 Å². The molecule has 0 aliphatic carbocycles. The van der Waals surface area contributed by atoms with Gasteiger partial charge in [-0.25, -0.2) is 19.6 Å². The molecular formula is C24H21ClN6O. The Morgan fingerprint density at radius 3 is 2.88 bits per heavy atom. The molecule has 2 aromatic heterocycles. The number of benzene rings is 2. The maximum Gasteiger partial charge on any atom is 0.254 e.